The van der Waals surface area contributed by atoms with Gasteiger partial charge in [-0.25, -0.2) is 4.79 Å². The molecule has 0 spiro atoms. The van der Waals surface area contributed by atoms with Gasteiger partial charge in [0.05, 0.1) is 0 Å². The summed E-state index contributed by atoms with van der Waals surface area (Å²) >= 11 is 1.56. The molecule has 0 aliphatic heterocycles. The Labute approximate surface area is 122 Å². The second kappa shape index (κ2) is 5.94. The van der Waals surface area contributed by atoms with E-state index in [-0.39, 0.29) is 12.6 Å². The van der Waals surface area contributed by atoms with E-state index in [4.69, 9.17) is 4.74 Å². The highest BCUT2D eigenvalue weighted by molar-refractivity contribution is 7.14. The molecule has 0 fully saturated rings. The van der Waals surface area contributed by atoms with Gasteiger partial charge >= 0.3 is 5.97 Å². The van der Waals surface area contributed by atoms with Crippen molar-refractivity contribution in [1.82, 2.24) is 0 Å². The fourth-order valence-corrected chi connectivity index (χ4v) is 3.41. The molecule has 0 atom stereocenters. The third kappa shape index (κ3) is 2.92. The van der Waals surface area contributed by atoms with Crippen LogP contribution in [0.1, 0.15) is 32.1 Å². The van der Waals surface area contributed by atoms with Crippen molar-refractivity contribution in [2.45, 2.75) is 19.3 Å². The summed E-state index contributed by atoms with van der Waals surface area (Å²) in [6, 6.07) is 11.6. The monoisotopic (exact) mass is 282 g/mol. The van der Waals surface area contributed by atoms with E-state index in [0.29, 0.717) is 4.88 Å². The molecule has 1 aromatic carbocycles. The maximum absolute atomic E-state index is 11.9. The van der Waals surface area contributed by atoms with Crippen molar-refractivity contribution in [2.75, 3.05) is 6.61 Å². The summed E-state index contributed by atoms with van der Waals surface area (Å²) in [6.07, 6.45) is 3.40. The normalized spacial score (nSPS) is 12.4. The molecule has 0 N–H and O–H groups in total. The van der Waals surface area contributed by atoms with E-state index in [2.05, 4.69) is 11.8 Å². The predicted octanol–water partition coefficient (Wildman–Crippen LogP) is 3.45. The van der Waals surface area contributed by atoms with Crippen LogP contribution in [0.5, 0.6) is 0 Å². The number of benzene rings is 1. The zero-order valence-electron chi connectivity index (χ0n) is 11.0. The van der Waals surface area contributed by atoms with Crippen LogP contribution in [-0.4, -0.2) is 12.6 Å². The lowest BCUT2D eigenvalue weighted by molar-refractivity contribution is 0.0562. The van der Waals surface area contributed by atoms with Crippen molar-refractivity contribution in [3.63, 3.8) is 0 Å². The molecule has 0 unspecified atom stereocenters. The molecule has 3 rings (SSSR count). The number of aryl methyl sites for hydroxylation is 2. The number of esters is 1. The van der Waals surface area contributed by atoms with Gasteiger partial charge in [0, 0.05) is 10.4 Å². The molecule has 3 heteroatoms. The number of carbonyl (C=O) groups excluding carboxylic acids is 1. The number of carbonyl (C=O) groups is 1. The summed E-state index contributed by atoms with van der Waals surface area (Å²) in [5.41, 5.74) is 2.25. The number of hydrogen-bond donors (Lipinski definition) is 0. The second-order valence-electron chi connectivity index (χ2n) is 4.66. The molecule has 1 aromatic heterocycles. The quantitative estimate of drug-likeness (QED) is 0.623. The summed E-state index contributed by atoms with van der Waals surface area (Å²) in [6.45, 7) is 0.135. The molecule has 2 aromatic rings. The topological polar surface area (TPSA) is 26.3 Å². The molecule has 0 amide bonds. The molecule has 0 saturated carbocycles. The highest BCUT2D eigenvalue weighted by Crippen LogP contribution is 2.30. The van der Waals surface area contributed by atoms with Gasteiger partial charge in [-0.1, -0.05) is 30.0 Å². The Morgan fingerprint density at radius 2 is 2.10 bits per heavy atom. The molecule has 2 nitrogen and oxygen atoms in total. The van der Waals surface area contributed by atoms with Crippen LogP contribution >= 0.6 is 11.3 Å². The van der Waals surface area contributed by atoms with Crippen LogP contribution < -0.4 is 0 Å². The van der Waals surface area contributed by atoms with Gasteiger partial charge in [-0.05, 0) is 43.0 Å². The van der Waals surface area contributed by atoms with Gasteiger partial charge in [0.1, 0.15) is 4.88 Å². The number of thiophene rings is 1. The third-order valence-corrected chi connectivity index (χ3v) is 4.45. The van der Waals surface area contributed by atoms with E-state index in [1.165, 1.54) is 16.9 Å². The van der Waals surface area contributed by atoms with Crippen LogP contribution in [0.2, 0.25) is 0 Å². The van der Waals surface area contributed by atoms with Crippen molar-refractivity contribution in [3.8, 4) is 11.8 Å². The summed E-state index contributed by atoms with van der Waals surface area (Å²) in [7, 11) is 0. The summed E-state index contributed by atoms with van der Waals surface area (Å²) in [5, 5.41) is 0. The van der Waals surface area contributed by atoms with Crippen LogP contribution in [0, 0.1) is 11.8 Å². The molecule has 1 aliphatic rings. The van der Waals surface area contributed by atoms with Gasteiger partial charge in [0.25, 0.3) is 0 Å². The standard InChI is InChI=1S/C17H14O2S/c18-17(16-12-14-9-4-10-15(14)20-16)19-11-5-8-13-6-2-1-3-7-13/h1-3,6-7,12H,4,9-11H2. The number of hydrogen-bond acceptors (Lipinski definition) is 3. The Hall–Kier alpha value is -2.05. The molecule has 0 bridgehead atoms. The highest BCUT2D eigenvalue weighted by atomic mass is 32.1. The van der Waals surface area contributed by atoms with Gasteiger partial charge in [0.15, 0.2) is 6.61 Å². The summed E-state index contributed by atoms with van der Waals surface area (Å²) in [5.74, 6) is 5.57. The van der Waals surface area contributed by atoms with Gasteiger partial charge in [0.2, 0.25) is 0 Å². The first-order valence-corrected chi connectivity index (χ1v) is 7.47. The Kier molecular flexibility index (Phi) is 3.85. The lowest BCUT2D eigenvalue weighted by Crippen LogP contribution is -2.03. The van der Waals surface area contributed by atoms with Gasteiger partial charge in [-0.2, -0.15) is 0 Å². The fraction of sp³-hybridized carbons (Fsp3) is 0.235. The van der Waals surface area contributed by atoms with Crippen molar-refractivity contribution >= 4 is 17.3 Å². The largest absolute Gasteiger partial charge is 0.448 e. The molecule has 0 saturated heterocycles. The van der Waals surface area contributed by atoms with Crippen LogP contribution in [0.3, 0.4) is 0 Å². The van der Waals surface area contributed by atoms with E-state index < -0.39 is 0 Å². The van der Waals surface area contributed by atoms with Crippen LogP contribution in [0.15, 0.2) is 36.4 Å². The van der Waals surface area contributed by atoms with Gasteiger partial charge in [-0.3, -0.25) is 0 Å². The molecule has 1 aliphatic carbocycles. The van der Waals surface area contributed by atoms with Crippen molar-refractivity contribution < 1.29 is 9.53 Å². The lowest BCUT2D eigenvalue weighted by Gasteiger charge is -1.97. The average Bonchev–Trinajstić information content (AvgIpc) is 3.05. The second-order valence-corrected chi connectivity index (χ2v) is 5.79. The van der Waals surface area contributed by atoms with Crippen molar-refractivity contribution in [2.24, 2.45) is 0 Å². The molecular weight excluding hydrogens is 268 g/mol. The highest BCUT2D eigenvalue weighted by Gasteiger charge is 2.18. The molecular formula is C17H14O2S. The van der Waals surface area contributed by atoms with Gasteiger partial charge < -0.3 is 4.74 Å². The van der Waals surface area contributed by atoms with Crippen molar-refractivity contribution in [1.29, 1.82) is 0 Å². The Bertz CT molecular complexity index is 653. The number of rotatable bonds is 2. The zero-order chi connectivity index (χ0) is 13.8. The molecule has 20 heavy (non-hydrogen) atoms. The Morgan fingerprint density at radius 3 is 2.90 bits per heavy atom. The predicted molar refractivity (Wildman–Crippen MR) is 79.9 cm³/mol. The molecule has 100 valence electrons. The first kappa shape index (κ1) is 13.0. The molecule has 0 radical (unpaired) electrons. The smallest absolute Gasteiger partial charge is 0.349 e. The third-order valence-electron chi connectivity index (χ3n) is 3.23. The van der Waals surface area contributed by atoms with Crippen LogP contribution in [0.4, 0.5) is 0 Å². The number of ether oxygens (including phenoxy) is 1. The minimum absolute atomic E-state index is 0.135. The summed E-state index contributed by atoms with van der Waals surface area (Å²) in [4.78, 5) is 13.9. The Balaban J connectivity index is 1.56. The number of fused-ring (bicyclic) bond motifs is 1. The maximum atomic E-state index is 11.9. The zero-order valence-corrected chi connectivity index (χ0v) is 11.8. The van der Waals surface area contributed by atoms with Crippen LogP contribution in [0.25, 0.3) is 0 Å². The van der Waals surface area contributed by atoms with E-state index >= 15 is 0 Å². The van der Waals surface area contributed by atoms with Crippen molar-refractivity contribution in [3.05, 3.63) is 57.3 Å². The van der Waals surface area contributed by atoms with E-state index in [1.807, 2.05) is 36.4 Å². The lowest BCUT2D eigenvalue weighted by atomic mass is 10.2. The van der Waals surface area contributed by atoms with Crippen LogP contribution in [-0.2, 0) is 17.6 Å². The minimum Gasteiger partial charge on any atom is -0.448 e. The minimum atomic E-state index is -0.258. The first-order valence-electron chi connectivity index (χ1n) is 6.65. The fourth-order valence-electron chi connectivity index (χ4n) is 2.26. The van der Waals surface area contributed by atoms with E-state index in [0.717, 1.165) is 18.4 Å². The first-order chi connectivity index (χ1) is 9.83. The van der Waals surface area contributed by atoms with E-state index in [1.54, 1.807) is 11.3 Å². The molecule has 1 heterocycles. The Morgan fingerprint density at radius 1 is 1.25 bits per heavy atom. The summed E-state index contributed by atoms with van der Waals surface area (Å²) < 4.78 is 5.18. The maximum Gasteiger partial charge on any atom is 0.349 e. The van der Waals surface area contributed by atoms with Gasteiger partial charge in [-0.15, -0.1) is 11.3 Å². The SMILES string of the molecule is O=C(OCC#Cc1ccccc1)c1cc2c(s1)CCC2. The van der Waals surface area contributed by atoms with E-state index in [9.17, 15) is 4.79 Å². The average molecular weight is 282 g/mol.